The van der Waals surface area contributed by atoms with Gasteiger partial charge >= 0.3 is 0 Å². The number of nitrogens with zero attached hydrogens (tertiary/aromatic N) is 2. The average Bonchev–Trinajstić information content (AvgIpc) is 2.98. The molecule has 0 saturated carbocycles. The number of likely N-dealkylation sites (tertiary alicyclic amines) is 1. The Kier molecular flexibility index (Phi) is 5.32. The van der Waals surface area contributed by atoms with Crippen molar-refractivity contribution >= 4 is 17.4 Å². The van der Waals surface area contributed by atoms with Crippen LogP contribution in [0.5, 0.6) is 11.5 Å². The van der Waals surface area contributed by atoms with E-state index in [1.165, 1.54) is 14.2 Å². The summed E-state index contributed by atoms with van der Waals surface area (Å²) < 4.78 is 10.5. The predicted octanol–water partition coefficient (Wildman–Crippen LogP) is 2.65. The molecule has 1 aliphatic rings. The lowest BCUT2D eigenvalue weighted by molar-refractivity contribution is -0.139. The highest BCUT2D eigenvalue weighted by atomic mass is 16.5. The third kappa shape index (κ3) is 3.16. The Morgan fingerprint density at radius 2 is 1.79 bits per heavy atom. The molecule has 142 valence electrons. The van der Waals surface area contributed by atoms with Crippen LogP contribution in [0.2, 0.25) is 0 Å². The summed E-state index contributed by atoms with van der Waals surface area (Å²) in [4.78, 5) is 26.4. The highest BCUT2D eigenvalue weighted by molar-refractivity contribution is 6.46. The smallest absolute Gasteiger partial charge is 0.296 e. The van der Waals surface area contributed by atoms with E-state index in [1.54, 1.807) is 48.5 Å². The Labute approximate surface area is 162 Å². The number of carbonyl (C=O) groups is 2. The van der Waals surface area contributed by atoms with E-state index in [4.69, 9.17) is 14.7 Å². The molecule has 7 nitrogen and oxygen atoms in total. The SMILES string of the molecule is COc1ccc(C2C(=C(O)c3ccccc3)C(=O)C(=O)N2CC#N)cc1OC. The summed E-state index contributed by atoms with van der Waals surface area (Å²) in [5.41, 5.74) is 0.853. The van der Waals surface area contributed by atoms with Crippen LogP contribution in [-0.2, 0) is 9.59 Å². The first-order valence-electron chi connectivity index (χ1n) is 8.46. The number of Topliss-reactive ketones (excluding diaryl/α,β-unsaturated/α-hetero) is 1. The molecular formula is C21H18N2O5. The summed E-state index contributed by atoms with van der Waals surface area (Å²) in [6, 6.07) is 14.4. The summed E-state index contributed by atoms with van der Waals surface area (Å²) >= 11 is 0. The van der Waals surface area contributed by atoms with Crippen molar-refractivity contribution in [1.82, 2.24) is 4.90 Å². The number of ketones is 1. The second-order valence-corrected chi connectivity index (χ2v) is 6.07. The zero-order valence-corrected chi connectivity index (χ0v) is 15.4. The number of hydrogen-bond acceptors (Lipinski definition) is 6. The van der Waals surface area contributed by atoms with Gasteiger partial charge in [-0.15, -0.1) is 0 Å². The molecule has 0 aliphatic carbocycles. The maximum atomic E-state index is 12.7. The van der Waals surface area contributed by atoms with Crippen molar-refractivity contribution in [2.24, 2.45) is 0 Å². The molecule has 1 amide bonds. The molecule has 2 aromatic carbocycles. The first-order chi connectivity index (χ1) is 13.5. The molecule has 3 rings (SSSR count). The molecule has 0 spiro atoms. The predicted molar refractivity (Wildman–Crippen MR) is 101 cm³/mol. The van der Waals surface area contributed by atoms with Crippen molar-refractivity contribution < 1.29 is 24.2 Å². The van der Waals surface area contributed by atoms with Crippen molar-refractivity contribution in [1.29, 1.82) is 5.26 Å². The van der Waals surface area contributed by atoms with Gasteiger partial charge in [0.15, 0.2) is 11.5 Å². The highest BCUT2D eigenvalue weighted by Gasteiger charge is 2.46. The van der Waals surface area contributed by atoms with Gasteiger partial charge in [-0.1, -0.05) is 36.4 Å². The number of amides is 1. The molecule has 1 atom stereocenters. The lowest BCUT2D eigenvalue weighted by Gasteiger charge is -2.23. The van der Waals surface area contributed by atoms with Crippen LogP contribution in [0.15, 0.2) is 54.1 Å². The van der Waals surface area contributed by atoms with E-state index < -0.39 is 17.7 Å². The van der Waals surface area contributed by atoms with Gasteiger partial charge in [0.05, 0.1) is 31.9 Å². The first kappa shape index (κ1) is 19.0. The van der Waals surface area contributed by atoms with Crippen LogP contribution in [0.3, 0.4) is 0 Å². The Morgan fingerprint density at radius 1 is 1.11 bits per heavy atom. The molecule has 28 heavy (non-hydrogen) atoms. The topological polar surface area (TPSA) is 99.9 Å². The largest absolute Gasteiger partial charge is 0.507 e. The van der Waals surface area contributed by atoms with Crippen molar-refractivity contribution in [2.75, 3.05) is 20.8 Å². The summed E-state index contributed by atoms with van der Waals surface area (Å²) in [5.74, 6) is -1.08. The average molecular weight is 378 g/mol. The molecule has 0 radical (unpaired) electrons. The summed E-state index contributed by atoms with van der Waals surface area (Å²) in [5, 5.41) is 19.9. The van der Waals surface area contributed by atoms with Crippen molar-refractivity contribution in [3.05, 3.63) is 65.2 Å². The Bertz CT molecular complexity index is 992. The quantitative estimate of drug-likeness (QED) is 0.372. The summed E-state index contributed by atoms with van der Waals surface area (Å²) in [7, 11) is 2.96. The molecule has 0 aromatic heterocycles. The second-order valence-electron chi connectivity index (χ2n) is 6.07. The normalized spacial score (nSPS) is 18.0. The lowest BCUT2D eigenvalue weighted by Crippen LogP contribution is -2.30. The minimum Gasteiger partial charge on any atom is -0.507 e. The minimum atomic E-state index is -0.917. The standard InChI is InChI=1S/C21H18N2O5/c1-27-15-9-8-14(12-16(15)28-2)18-17(19(24)13-6-4-3-5-7-13)20(25)21(26)23(18)11-10-22/h3-9,12,18,24H,11H2,1-2H3. The van der Waals surface area contributed by atoms with Crippen molar-refractivity contribution in [3.8, 4) is 17.6 Å². The lowest BCUT2D eigenvalue weighted by atomic mass is 9.95. The van der Waals surface area contributed by atoms with Crippen LogP contribution in [0.25, 0.3) is 5.76 Å². The number of methoxy groups -OCH3 is 2. The van der Waals surface area contributed by atoms with E-state index in [0.717, 1.165) is 4.90 Å². The van der Waals surface area contributed by atoms with E-state index in [9.17, 15) is 14.7 Å². The van der Waals surface area contributed by atoms with E-state index in [0.29, 0.717) is 22.6 Å². The third-order valence-electron chi connectivity index (χ3n) is 4.55. The zero-order valence-electron chi connectivity index (χ0n) is 15.4. The monoisotopic (exact) mass is 378 g/mol. The fourth-order valence-electron chi connectivity index (χ4n) is 3.24. The van der Waals surface area contributed by atoms with E-state index >= 15 is 0 Å². The van der Waals surface area contributed by atoms with Crippen LogP contribution in [0.1, 0.15) is 17.2 Å². The third-order valence-corrected chi connectivity index (χ3v) is 4.55. The van der Waals surface area contributed by atoms with Crippen LogP contribution in [0, 0.1) is 11.3 Å². The maximum absolute atomic E-state index is 12.7. The number of nitriles is 1. The molecule has 0 bridgehead atoms. The number of ether oxygens (including phenoxy) is 2. The van der Waals surface area contributed by atoms with E-state index in [2.05, 4.69) is 0 Å². The fourth-order valence-corrected chi connectivity index (χ4v) is 3.24. The molecule has 2 aromatic rings. The molecule has 1 unspecified atom stereocenters. The van der Waals surface area contributed by atoms with Gasteiger partial charge in [0.2, 0.25) is 0 Å². The number of rotatable bonds is 5. The molecule has 1 aliphatic heterocycles. The van der Waals surface area contributed by atoms with Gasteiger partial charge < -0.3 is 19.5 Å². The molecule has 1 N–H and O–H groups in total. The highest BCUT2D eigenvalue weighted by Crippen LogP contribution is 2.41. The van der Waals surface area contributed by atoms with E-state index in [1.807, 2.05) is 6.07 Å². The van der Waals surface area contributed by atoms with Crippen LogP contribution in [0.4, 0.5) is 0 Å². The number of carbonyl (C=O) groups excluding carboxylic acids is 2. The number of aliphatic hydroxyl groups excluding tert-OH is 1. The fraction of sp³-hybridized carbons (Fsp3) is 0.190. The molecular weight excluding hydrogens is 360 g/mol. The second kappa shape index (κ2) is 7.84. The van der Waals surface area contributed by atoms with Gasteiger partial charge in [-0.2, -0.15) is 5.26 Å². The molecule has 1 fully saturated rings. The van der Waals surface area contributed by atoms with Gasteiger partial charge in [0, 0.05) is 5.56 Å². The molecule has 7 heteroatoms. The van der Waals surface area contributed by atoms with Gasteiger partial charge in [0.1, 0.15) is 12.3 Å². The minimum absolute atomic E-state index is 0.0707. The number of benzene rings is 2. The maximum Gasteiger partial charge on any atom is 0.296 e. The number of aliphatic hydroxyl groups is 1. The summed E-state index contributed by atoms with van der Waals surface area (Å²) in [6.45, 7) is -0.296. The van der Waals surface area contributed by atoms with Crippen LogP contribution < -0.4 is 9.47 Å². The van der Waals surface area contributed by atoms with Gasteiger partial charge in [0.25, 0.3) is 11.7 Å². The number of hydrogen-bond donors (Lipinski definition) is 1. The van der Waals surface area contributed by atoms with Crippen LogP contribution >= 0.6 is 0 Å². The summed E-state index contributed by atoms with van der Waals surface area (Å²) in [6.07, 6.45) is 0. The van der Waals surface area contributed by atoms with E-state index in [-0.39, 0.29) is 17.9 Å². The van der Waals surface area contributed by atoms with Gasteiger partial charge in [-0.3, -0.25) is 9.59 Å². The molecule has 1 saturated heterocycles. The zero-order chi connectivity index (χ0) is 20.3. The van der Waals surface area contributed by atoms with Crippen molar-refractivity contribution in [3.63, 3.8) is 0 Å². The Balaban J connectivity index is 2.22. The molecule has 1 heterocycles. The Hall–Kier alpha value is -3.79. The van der Waals surface area contributed by atoms with Crippen LogP contribution in [-0.4, -0.2) is 42.5 Å². The van der Waals surface area contributed by atoms with Gasteiger partial charge in [-0.25, -0.2) is 0 Å². The Morgan fingerprint density at radius 3 is 2.39 bits per heavy atom. The van der Waals surface area contributed by atoms with Gasteiger partial charge in [-0.05, 0) is 17.7 Å². The van der Waals surface area contributed by atoms with Crippen molar-refractivity contribution in [2.45, 2.75) is 6.04 Å². The first-order valence-corrected chi connectivity index (χ1v) is 8.46.